The quantitative estimate of drug-likeness (QED) is 0.508. The Morgan fingerprint density at radius 1 is 1.10 bits per heavy atom. The maximum atomic E-state index is 5.72. The van der Waals surface area contributed by atoms with Crippen molar-refractivity contribution in [3.05, 3.63) is 0 Å². The van der Waals surface area contributed by atoms with Crippen molar-refractivity contribution in [2.45, 2.75) is 25.7 Å². The molecular weight excluding hydrogens is 124 g/mol. The molecule has 0 aromatic heterocycles. The molecule has 10 heavy (non-hydrogen) atoms. The molecule has 2 aliphatic rings. The molecule has 1 saturated carbocycles. The van der Waals surface area contributed by atoms with E-state index in [9.17, 15) is 0 Å². The van der Waals surface area contributed by atoms with Crippen molar-refractivity contribution in [2.24, 2.45) is 17.7 Å². The topological polar surface area (TPSA) is 29.3 Å². The van der Waals surface area contributed by atoms with E-state index in [1.54, 1.807) is 0 Å². The molecular formula is C8H16N2. The summed E-state index contributed by atoms with van der Waals surface area (Å²) in [6.45, 7) is 2.28. The molecule has 2 atom stereocenters. The van der Waals surface area contributed by atoms with Gasteiger partial charge in [0, 0.05) is 13.1 Å². The van der Waals surface area contributed by atoms with Crippen LogP contribution in [-0.2, 0) is 0 Å². The van der Waals surface area contributed by atoms with Crippen molar-refractivity contribution in [1.82, 2.24) is 5.01 Å². The van der Waals surface area contributed by atoms with E-state index in [0.29, 0.717) is 0 Å². The number of hydrazine groups is 1. The zero-order valence-electron chi connectivity index (χ0n) is 6.42. The number of hydrogen-bond donors (Lipinski definition) is 1. The van der Waals surface area contributed by atoms with Gasteiger partial charge < -0.3 is 0 Å². The van der Waals surface area contributed by atoms with E-state index in [1.165, 1.54) is 25.7 Å². The smallest absolute Gasteiger partial charge is 0.0159 e. The maximum absolute atomic E-state index is 5.72. The van der Waals surface area contributed by atoms with Crippen molar-refractivity contribution < 1.29 is 0 Å². The molecule has 1 heterocycles. The van der Waals surface area contributed by atoms with Gasteiger partial charge in [-0.1, -0.05) is 12.8 Å². The molecule has 2 rings (SSSR count). The predicted molar refractivity (Wildman–Crippen MR) is 41.2 cm³/mol. The van der Waals surface area contributed by atoms with E-state index in [0.717, 1.165) is 24.9 Å². The minimum atomic E-state index is 0.943. The minimum absolute atomic E-state index is 0.943. The number of nitrogens with two attached hydrogens (primary N) is 1. The van der Waals surface area contributed by atoms with Crippen LogP contribution in [0.2, 0.25) is 0 Å². The molecule has 1 saturated heterocycles. The van der Waals surface area contributed by atoms with E-state index in [2.05, 4.69) is 0 Å². The summed E-state index contributed by atoms with van der Waals surface area (Å²) in [7, 11) is 0. The highest BCUT2D eigenvalue weighted by atomic mass is 15.4. The summed E-state index contributed by atoms with van der Waals surface area (Å²) in [4.78, 5) is 0. The Labute approximate surface area is 62.4 Å². The van der Waals surface area contributed by atoms with Crippen LogP contribution in [0, 0.1) is 11.8 Å². The van der Waals surface area contributed by atoms with Gasteiger partial charge in [-0.2, -0.15) is 0 Å². The summed E-state index contributed by atoms with van der Waals surface area (Å²) in [5.41, 5.74) is 0. The molecule has 1 aliphatic carbocycles. The molecule has 2 fully saturated rings. The number of rotatable bonds is 0. The Morgan fingerprint density at radius 3 is 2.80 bits per heavy atom. The van der Waals surface area contributed by atoms with E-state index in [-0.39, 0.29) is 0 Å². The van der Waals surface area contributed by atoms with Crippen LogP contribution in [0.4, 0.5) is 0 Å². The Bertz CT molecular complexity index is 124. The molecule has 2 heteroatoms. The van der Waals surface area contributed by atoms with Crippen molar-refractivity contribution in [3.63, 3.8) is 0 Å². The van der Waals surface area contributed by atoms with E-state index < -0.39 is 0 Å². The Kier molecular flexibility index (Phi) is 1.66. The zero-order chi connectivity index (χ0) is 6.97. The predicted octanol–water partition coefficient (Wildman–Crippen LogP) is 0.982. The highest BCUT2D eigenvalue weighted by molar-refractivity contribution is 4.83. The molecule has 1 aliphatic heterocycles. The third kappa shape index (κ3) is 1.06. The van der Waals surface area contributed by atoms with Crippen LogP contribution in [-0.4, -0.2) is 18.1 Å². The van der Waals surface area contributed by atoms with Gasteiger partial charge in [-0.05, 0) is 24.7 Å². The average molecular weight is 140 g/mol. The van der Waals surface area contributed by atoms with E-state index in [1.807, 2.05) is 5.01 Å². The number of fused-ring (bicyclic) bond motifs is 1. The first kappa shape index (κ1) is 6.62. The standard InChI is InChI=1S/C8H16N2/c9-10-5-4-7-2-1-3-8(7)6-10/h7-8H,1-6,9H2. The molecule has 0 aromatic carbocycles. The summed E-state index contributed by atoms with van der Waals surface area (Å²) in [5.74, 6) is 7.69. The summed E-state index contributed by atoms with van der Waals surface area (Å²) in [6.07, 6.45) is 5.70. The molecule has 2 nitrogen and oxygen atoms in total. The Hall–Kier alpha value is -0.0800. The van der Waals surface area contributed by atoms with Crippen LogP contribution in [0.15, 0.2) is 0 Å². The van der Waals surface area contributed by atoms with Gasteiger partial charge in [-0.25, -0.2) is 5.01 Å². The fourth-order valence-electron chi connectivity index (χ4n) is 2.46. The first-order valence-electron chi connectivity index (χ1n) is 4.36. The Morgan fingerprint density at radius 2 is 1.90 bits per heavy atom. The average Bonchev–Trinajstić information content (AvgIpc) is 2.33. The maximum Gasteiger partial charge on any atom is 0.0159 e. The largest absolute Gasteiger partial charge is 0.269 e. The number of nitrogens with zero attached hydrogens (tertiary/aromatic N) is 1. The van der Waals surface area contributed by atoms with Crippen molar-refractivity contribution >= 4 is 0 Å². The fourth-order valence-corrected chi connectivity index (χ4v) is 2.46. The van der Waals surface area contributed by atoms with Gasteiger partial charge in [0.1, 0.15) is 0 Å². The Balaban J connectivity index is 1.96. The van der Waals surface area contributed by atoms with E-state index >= 15 is 0 Å². The van der Waals surface area contributed by atoms with Gasteiger partial charge in [-0.3, -0.25) is 5.84 Å². The highest BCUT2D eigenvalue weighted by Crippen LogP contribution is 2.36. The van der Waals surface area contributed by atoms with Gasteiger partial charge in [0.25, 0.3) is 0 Å². The lowest BCUT2D eigenvalue weighted by Crippen LogP contribution is -2.42. The van der Waals surface area contributed by atoms with Gasteiger partial charge >= 0.3 is 0 Å². The monoisotopic (exact) mass is 140 g/mol. The SMILES string of the molecule is NN1CCC2CCCC2C1. The number of hydrogen-bond acceptors (Lipinski definition) is 2. The van der Waals surface area contributed by atoms with E-state index in [4.69, 9.17) is 5.84 Å². The number of piperidine rings is 1. The van der Waals surface area contributed by atoms with Crippen molar-refractivity contribution in [2.75, 3.05) is 13.1 Å². The highest BCUT2D eigenvalue weighted by Gasteiger charge is 2.31. The van der Waals surface area contributed by atoms with Crippen molar-refractivity contribution in [3.8, 4) is 0 Å². The summed E-state index contributed by atoms with van der Waals surface area (Å²) in [5, 5.41) is 1.99. The lowest BCUT2D eigenvalue weighted by atomic mass is 9.90. The lowest BCUT2D eigenvalue weighted by molar-refractivity contribution is 0.140. The summed E-state index contributed by atoms with van der Waals surface area (Å²) in [6, 6.07) is 0. The first-order chi connectivity index (χ1) is 4.86. The fraction of sp³-hybridized carbons (Fsp3) is 1.00. The van der Waals surface area contributed by atoms with Crippen LogP contribution < -0.4 is 5.84 Å². The summed E-state index contributed by atoms with van der Waals surface area (Å²) < 4.78 is 0. The molecule has 0 bridgehead atoms. The van der Waals surface area contributed by atoms with Crippen LogP contribution in [0.1, 0.15) is 25.7 Å². The van der Waals surface area contributed by atoms with Crippen LogP contribution >= 0.6 is 0 Å². The molecule has 2 unspecified atom stereocenters. The van der Waals surface area contributed by atoms with Crippen LogP contribution in [0.25, 0.3) is 0 Å². The third-order valence-corrected chi connectivity index (χ3v) is 3.07. The van der Waals surface area contributed by atoms with Crippen LogP contribution in [0.3, 0.4) is 0 Å². The van der Waals surface area contributed by atoms with Gasteiger partial charge in [0.05, 0.1) is 0 Å². The minimum Gasteiger partial charge on any atom is -0.269 e. The molecule has 2 N–H and O–H groups in total. The molecule has 58 valence electrons. The van der Waals surface area contributed by atoms with Crippen LogP contribution in [0.5, 0.6) is 0 Å². The second kappa shape index (κ2) is 2.51. The molecule has 0 aromatic rings. The summed E-state index contributed by atoms with van der Waals surface area (Å²) >= 11 is 0. The third-order valence-electron chi connectivity index (χ3n) is 3.07. The zero-order valence-corrected chi connectivity index (χ0v) is 6.42. The normalized spacial score (nSPS) is 41.7. The molecule has 0 radical (unpaired) electrons. The lowest BCUT2D eigenvalue weighted by Gasteiger charge is -2.31. The van der Waals surface area contributed by atoms with Gasteiger partial charge in [0.15, 0.2) is 0 Å². The molecule has 0 amide bonds. The molecule has 0 spiro atoms. The van der Waals surface area contributed by atoms with Crippen molar-refractivity contribution in [1.29, 1.82) is 0 Å². The second-order valence-electron chi connectivity index (χ2n) is 3.73. The van der Waals surface area contributed by atoms with Gasteiger partial charge in [-0.15, -0.1) is 0 Å². The van der Waals surface area contributed by atoms with Gasteiger partial charge in [0.2, 0.25) is 0 Å². The first-order valence-corrected chi connectivity index (χ1v) is 4.36. The second-order valence-corrected chi connectivity index (χ2v) is 3.73.